The monoisotopic (exact) mass is 632 g/mol. The van der Waals surface area contributed by atoms with Crippen molar-refractivity contribution >= 4 is 50.1 Å². The summed E-state index contributed by atoms with van der Waals surface area (Å²) in [4.78, 5) is 55.5. The Labute approximate surface area is 255 Å². The van der Waals surface area contributed by atoms with E-state index in [-0.39, 0.29) is 35.4 Å². The van der Waals surface area contributed by atoms with Crippen molar-refractivity contribution in [3.63, 3.8) is 0 Å². The maximum atomic E-state index is 13.6. The highest BCUT2D eigenvalue weighted by molar-refractivity contribution is 7.89. The fraction of sp³-hybridized carbons (Fsp3) is 0.517. The van der Waals surface area contributed by atoms with Gasteiger partial charge in [0.05, 0.1) is 42.7 Å². The zero-order valence-electron chi connectivity index (χ0n) is 24.3. The minimum absolute atomic E-state index is 0.0210. The molecule has 1 atom stereocenters. The number of ether oxygens (including phenoxy) is 2. The number of amides is 3. The molecule has 0 aliphatic carbocycles. The van der Waals surface area contributed by atoms with Gasteiger partial charge in [-0.3, -0.25) is 19.2 Å². The van der Waals surface area contributed by atoms with E-state index in [1.807, 2.05) is 0 Å². The van der Waals surface area contributed by atoms with Gasteiger partial charge in [-0.2, -0.15) is 4.31 Å². The van der Waals surface area contributed by atoms with Crippen molar-refractivity contribution in [3.05, 3.63) is 45.8 Å². The van der Waals surface area contributed by atoms with Gasteiger partial charge in [0.2, 0.25) is 15.9 Å². The SMILES string of the molecule is CCOC(=O)C1CCCN(S(=O)(=O)c2ccc(C(=O)Nc3sc4c(c3C(=O)N3CCOCC3)CCN(C(C)=O)C4)cc2)C1. The third-order valence-electron chi connectivity index (χ3n) is 8.00. The van der Waals surface area contributed by atoms with Gasteiger partial charge in [0.15, 0.2) is 0 Å². The Morgan fingerprint density at radius 2 is 1.77 bits per heavy atom. The zero-order chi connectivity index (χ0) is 30.7. The summed E-state index contributed by atoms with van der Waals surface area (Å²) in [5.41, 5.74) is 1.51. The first kappa shape index (κ1) is 31.1. The molecule has 5 rings (SSSR count). The van der Waals surface area contributed by atoms with Crippen LogP contribution in [0.4, 0.5) is 5.00 Å². The van der Waals surface area contributed by atoms with Gasteiger partial charge in [0, 0.05) is 50.1 Å². The molecule has 3 aliphatic heterocycles. The van der Waals surface area contributed by atoms with Crippen molar-refractivity contribution in [3.8, 4) is 0 Å². The topological polar surface area (TPSA) is 143 Å². The molecule has 14 heteroatoms. The van der Waals surface area contributed by atoms with E-state index in [0.717, 1.165) is 10.4 Å². The van der Waals surface area contributed by atoms with Gasteiger partial charge in [-0.25, -0.2) is 8.42 Å². The molecule has 3 amide bonds. The van der Waals surface area contributed by atoms with Crippen LogP contribution in [-0.4, -0.2) is 98.8 Å². The number of hydrogen-bond donors (Lipinski definition) is 1. The van der Waals surface area contributed by atoms with Crippen LogP contribution >= 0.6 is 11.3 Å². The Balaban J connectivity index is 1.35. The molecule has 3 aliphatic rings. The van der Waals surface area contributed by atoms with E-state index in [2.05, 4.69) is 5.32 Å². The quantitative estimate of drug-likeness (QED) is 0.459. The number of fused-ring (bicyclic) bond motifs is 1. The molecule has 232 valence electrons. The lowest BCUT2D eigenvalue weighted by atomic mass is 10.0. The number of carbonyl (C=O) groups is 4. The summed E-state index contributed by atoms with van der Waals surface area (Å²) < 4.78 is 38.5. The molecular formula is C29H36N4O8S2. The normalized spacial score (nSPS) is 19.4. The van der Waals surface area contributed by atoms with Gasteiger partial charge in [0.1, 0.15) is 5.00 Å². The lowest BCUT2D eigenvalue weighted by molar-refractivity contribution is -0.149. The van der Waals surface area contributed by atoms with E-state index in [1.54, 1.807) is 16.7 Å². The number of sulfonamides is 1. The van der Waals surface area contributed by atoms with Crippen LogP contribution in [-0.2, 0) is 42.1 Å². The first-order valence-electron chi connectivity index (χ1n) is 14.5. The van der Waals surface area contributed by atoms with Crippen molar-refractivity contribution < 1.29 is 37.1 Å². The second-order valence-electron chi connectivity index (χ2n) is 10.7. The highest BCUT2D eigenvalue weighted by Gasteiger charge is 2.35. The molecule has 0 bridgehead atoms. The lowest BCUT2D eigenvalue weighted by Crippen LogP contribution is -2.42. The van der Waals surface area contributed by atoms with Gasteiger partial charge < -0.3 is 24.6 Å². The first-order valence-corrected chi connectivity index (χ1v) is 16.7. The third kappa shape index (κ3) is 6.61. The second kappa shape index (κ2) is 13.1. The van der Waals surface area contributed by atoms with Crippen LogP contribution in [0.3, 0.4) is 0 Å². The number of benzene rings is 1. The highest BCUT2D eigenvalue weighted by Crippen LogP contribution is 2.38. The second-order valence-corrected chi connectivity index (χ2v) is 13.8. The average molecular weight is 633 g/mol. The minimum Gasteiger partial charge on any atom is -0.466 e. The largest absolute Gasteiger partial charge is 0.466 e. The Morgan fingerprint density at radius 1 is 1.05 bits per heavy atom. The van der Waals surface area contributed by atoms with Crippen LogP contribution < -0.4 is 5.32 Å². The van der Waals surface area contributed by atoms with E-state index < -0.39 is 27.8 Å². The number of nitrogens with one attached hydrogen (secondary N) is 1. The molecule has 4 heterocycles. The summed E-state index contributed by atoms with van der Waals surface area (Å²) in [6, 6.07) is 5.62. The number of nitrogens with zero attached hydrogens (tertiary/aromatic N) is 3. The summed E-state index contributed by atoms with van der Waals surface area (Å²) >= 11 is 1.29. The zero-order valence-corrected chi connectivity index (χ0v) is 25.9. The predicted octanol–water partition coefficient (Wildman–Crippen LogP) is 2.34. The molecule has 2 saturated heterocycles. The van der Waals surface area contributed by atoms with Crippen LogP contribution in [0.25, 0.3) is 0 Å². The molecule has 0 radical (unpaired) electrons. The molecule has 1 N–H and O–H groups in total. The molecule has 12 nitrogen and oxygen atoms in total. The first-order chi connectivity index (χ1) is 20.6. The van der Waals surface area contributed by atoms with Gasteiger partial charge in [-0.15, -0.1) is 11.3 Å². The average Bonchev–Trinajstić information content (AvgIpc) is 3.38. The fourth-order valence-corrected chi connectivity index (χ4v) is 8.40. The Kier molecular flexibility index (Phi) is 9.49. The molecule has 1 aromatic heterocycles. The molecular weight excluding hydrogens is 596 g/mol. The highest BCUT2D eigenvalue weighted by atomic mass is 32.2. The third-order valence-corrected chi connectivity index (χ3v) is 11.0. The van der Waals surface area contributed by atoms with Crippen LogP contribution in [0, 0.1) is 5.92 Å². The van der Waals surface area contributed by atoms with E-state index in [4.69, 9.17) is 9.47 Å². The molecule has 2 aromatic rings. The standard InChI is InChI=1S/C29H36N4O8S2/c1-3-41-29(37)21-5-4-11-33(17-21)43(38,39)22-8-6-20(7-9-22)26(35)30-27-25(28(36)31-13-15-40-16-14-31)23-10-12-32(19(2)34)18-24(23)42-27/h6-9,21H,3-5,10-18H2,1-2H3,(H,30,35). The van der Waals surface area contributed by atoms with Crippen LogP contribution in [0.2, 0.25) is 0 Å². The molecule has 43 heavy (non-hydrogen) atoms. The number of hydrogen-bond acceptors (Lipinski definition) is 9. The fourth-order valence-electron chi connectivity index (χ4n) is 5.63. The van der Waals surface area contributed by atoms with Crippen molar-refractivity contribution in [1.82, 2.24) is 14.1 Å². The summed E-state index contributed by atoms with van der Waals surface area (Å²) in [5, 5.41) is 3.30. The number of rotatable bonds is 7. The Bertz CT molecular complexity index is 1500. The van der Waals surface area contributed by atoms with E-state index in [1.165, 1.54) is 46.8 Å². The van der Waals surface area contributed by atoms with Gasteiger partial charge in [-0.05, 0) is 56.0 Å². The van der Waals surface area contributed by atoms with E-state index >= 15 is 0 Å². The number of piperidine rings is 1. The van der Waals surface area contributed by atoms with Crippen molar-refractivity contribution in [2.24, 2.45) is 5.92 Å². The van der Waals surface area contributed by atoms with Crippen molar-refractivity contribution in [1.29, 1.82) is 0 Å². The minimum atomic E-state index is -3.89. The van der Waals surface area contributed by atoms with Crippen LogP contribution in [0.15, 0.2) is 29.2 Å². The van der Waals surface area contributed by atoms with Crippen molar-refractivity contribution in [2.45, 2.75) is 44.6 Å². The number of carbonyl (C=O) groups excluding carboxylic acids is 4. The summed E-state index contributed by atoms with van der Waals surface area (Å²) in [6.07, 6.45) is 1.62. The molecule has 2 fully saturated rings. The van der Waals surface area contributed by atoms with Crippen LogP contribution in [0.1, 0.15) is 57.8 Å². The van der Waals surface area contributed by atoms with Crippen LogP contribution in [0.5, 0.6) is 0 Å². The smallest absolute Gasteiger partial charge is 0.310 e. The number of anilines is 1. The summed E-state index contributed by atoms with van der Waals surface area (Å²) in [5.74, 6) is -1.63. The van der Waals surface area contributed by atoms with E-state index in [9.17, 15) is 27.6 Å². The van der Waals surface area contributed by atoms with Crippen molar-refractivity contribution in [2.75, 3.05) is 57.9 Å². The number of esters is 1. The summed E-state index contributed by atoms with van der Waals surface area (Å²) in [6.45, 7) is 6.44. The maximum Gasteiger partial charge on any atom is 0.310 e. The maximum absolute atomic E-state index is 13.6. The van der Waals surface area contributed by atoms with Gasteiger partial charge in [0.25, 0.3) is 11.8 Å². The Morgan fingerprint density at radius 3 is 2.44 bits per heavy atom. The van der Waals surface area contributed by atoms with Gasteiger partial charge in [-0.1, -0.05) is 0 Å². The Hall–Kier alpha value is -3.33. The molecule has 0 spiro atoms. The molecule has 1 aromatic carbocycles. The number of morpholine rings is 1. The lowest BCUT2D eigenvalue weighted by Gasteiger charge is -2.30. The summed E-state index contributed by atoms with van der Waals surface area (Å²) in [7, 11) is -3.89. The predicted molar refractivity (Wildman–Crippen MR) is 158 cm³/mol. The number of thiophene rings is 1. The van der Waals surface area contributed by atoms with E-state index in [0.29, 0.717) is 75.8 Å². The van der Waals surface area contributed by atoms with Gasteiger partial charge >= 0.3 is 5.97 Å². The molecule has 0 saturated carbocycles. The molecule has 1 unspecified atom stereocenters.